The zero-order chi connectivity index (χ0) is 16.6. The summed E-state index contributed by atoms with van der Waals surface area (Å²) in [4.78, 5) is 13.4. The molecule has 0 radical (unpaired) electrons. The Morgan fingerprint density at radius 2 is 1.70 bits per heavy atom. The molecule has 1 saturated heterocycles. The third-order valence-electron chi connectivity index (χ3n) is 5.28. The van der Waals surface area contributed by atoms with Crippen LogP contribution in [0.2, 0.25) is 0 Å². The van der Waals surface area contributed by atoms with E-state index in [2.05, 4.69) is 0 Å². The maximum Gasteiger partial charge on any atom is 0.339 e. The average Bonchev–Trinajstić information content (AvgIpc) is 2.80. The van der Waals surface area contributed by atoms with Gasteiger partial charge in [0.1, 0.15) is 17.9 Å². The Labute approximate surface area is 136 Å². The average molecular weight is 316 g/mol. The molecule has 1 fully saturated rings. The van der Waals surface area contributed by atoms with Crippen LogP contribution in [-0.2, 0) is 6.54 Å². The smallest absolute Gasteiger partial charge is 0.339 e. The highest BCUT2D eigenvalue weighted by molar-refractivity contribution is 5.86. The Morgan fingerprint density at radius 3 is 2.35 bits per heavy atom. The fourth-order valence-electron chi connectivity index (χ4n) is 3.60. The molecular formula is C19H26NO3+. The first-order valence-electron chi connectivity index (χ1n) is 8.58. The van der Waals surface area contributed by atoms with Gasteiger partial charge >= 0.3 is 5.63 Å². The molecule has 0 amide bonds. The van der Waals surface area contributed by atoms with Crippen LogP contribution in [0, 0.1) is 20.8 Å². The van der Waals surface area contributed by atoms with Crippen LogP contribution >= 0.6 is 0 Å². The number of phenolic OH excluding ortho intramolecular Hbond substituents is 1. The van der Waals surface area contributed by atoms with Gasteiger partial charge in [-0.05, 0) is 58.1 Å². The van der Waals surface area contributed by atoms with Crippen LogP contribution in [-0.4, -0.2) is 18.2 Å². The molecule has 124 valence electrons. The Balaban J connectivity index is 2.07. The molecule has 4 nitrogen and oxygen atoms in total. The zero-order valence-electron chi connectivity index (χ0n) is 14.3. The van der Waals surface area contributed by atoms with E-state index >= 15 is 0 Å². The van der Waals surface area contributed by atoms with Gasteiger partial charge < -0.3 is 14.4 Å². The van der Waals surface area contributed by atoms with Crippen LogP contribution in [0.1, 0.15) is 47.9 Å². The van der Waals surface area contributed by atoms with Crippen molar-refractivity contribution in [3.05, 3.63) is 38.7 Å². The predicted molar refractivity (Wildman–Crippen MR) is 91.2 cm³/mol. The predicted octanol–water partition coefficient (Wildman–Crippen LogP) is 2.38. The van der Waals surface area contributed by atoms with E-state index in [9.17, 15) is 9.90 Å². The molecule has 2 aromatic rings. The van der Waals surface area contributed by atoms with Crippen molar-refractivity contribution < 1.29 is 14.4 Å². The number of likely N-dealkylation sites (tertiary alicyclic amines) is 1. The Morgan fingerprint density at radius 1 is 1.04 bits per heavy atom. The summed E-state index contributed by atoms with van der Waals surface area (Å²) in [6.45, 7) is 8.74. The number of benzene rings is 1. The molecule has 0 spiro atoms. The number of rotatable bonds is 2. The fraction of sp³-hybridized carbons (Fsp3) is 0.526. The van der Waals surface area contributed by atoms with Gasteiger partial charge in [0.15, 0.2) is 0 Å². The highest BCUT2D eigenvalue weighted by Gasteiger charge is 2.20. The van der Waals surface area contributed by atoms with Gasteiger partial charge in [-0.2, -0.15) is 0 Å². The van der Waals surface area contributed by atoms with E-state index in [-0.39, 0.29) is 11.4 Å². The molecule has 4 heteroatoms. The van der Waals surface area contributed by atoms with Crippen molar-refractivity contribution in [2.45, 2.75) is 53.0 Å². The van der Waals surface area contributed by atoms with E-state index in [4.69, 9.17) is 4.42 Å². The van der Waals surface area contributed by atoms with Gasteiger partial charge in [0.05, 0.1) is 13.1 Å². The van der Waals surface area contributed by atoms with E-state index in [1.807, 2.05) is 19.9 Å². The number of phenols is 1. The maximum atomic E-state index is 11.9. The lowest BCUT2D eigenvalue weighted by molar-refractivity contribution is -0.913. The Hall–Kier alpha value is -1.81. The quantitative estimate of drug-likeness (QED) is 0.837. The van der Waals surface area contributed by atoms with Gasteiger partial charge in [0.25, 0.3) is 0 Å². The third-order valence-corrected chi connectivity index (χ3v) is 5.28. The first-order valence-corrected chi connectivity index (χ1v) is 8.58. The number of nitrogens with one attached hydrogen (secondary N) is 1. The van der Waals surface area contributed by atoms with Gasteiger partial charge in [-0.15, -0.1) is 0 Å². The molecule has 1 aliphatic rings. The Kier molecular flexibility index (Phi) is 4.44. The topological polar surface area (TPSA) is 54.9 Å². The van der Waals surface area contributed by atoms with Crippen molar-refractivity contribution in [3.63, 3.8) is 0 Å². The highest BCUT2D eigenvalue weighted by atomic mass is 16.4. The van der Waals surface area contributed by atoms with Gasteiger partial charge in [0, 0.05) is 22.1 Å². The van der Waals surface area contributed by atoms with Crippen LogP contribution < -0.4 is 10.5 Å². The highest BCUT2D eigenvalue weighted by Crippen LogP contribution is 2.32. The van der Waals surface area contributed by atoms with Gasteiger partial charge in [-0.3, -0.25) is 0 Å². The van der Waals surface area contributed by atoms with E-state index < -0.39 is 0 Å². The molecule has 1 aliphatic heterocycles. The minimum Gasteiger partial charge on any atom is -0.507 e. The Bertz CT molecular complexity index is 784. The number of hydrogen-bond donors (Lipinski definition) is 2. The largest absolute Gasteiger partial charge is 0.507 e. The standard InChI is InChI=1S/C19H25NO3/c1-12-13(2)19(22)23-18-14(3)17(21)15(10-16(12)18)11-20-8-6-4-5-7-9-20/h10,21H,4-9,11H2,1-3H3/p+1. The molecule has 0 atom stereocenters. The number of quaternary nitrogens is 1. The number of aromatic hydroxyl groups is 1. The normalized spacial score (nSPS) is 16.7. The first kappa shape index (κ1) is 16.1. The lowest BCUT2D eigenvalue weighted by Crippen LogP contribution is -3.10. The van der Waals surface area contributed by atoms with Crippen molar-refractivity contribution in [2.75, 3.05) is 13.1 Å². The SMILES string of the molecule is Cc1c(C)c2cc(C[NH+]3CCCCCC3)c(O)c(C)c2oc1=O. The summed E-state index contributed by atoms with van der Waals surface area (Å²) < 4.78 is 5.43. The van der Waals surface area contributed by atoms with Gasteiger partial charge in [-0.25, -0.2) is 4.79 Å². The second-order valence-electron chi connectivity index (χ2n) is 6.87. The van der Waals surface area contributed by atoms with Crippen molar-refractivity contribution in [1.82, 2.24) is 0 Å². The molecule has 0 bridgehead atoms. The number of fused-ring (bicyclic) bond motifs is 1. The second-order valence-corrected chi connectivity index (χ2v) is 6.87. The van der Waals surface area contributed by atoms with Crippen molar-refractivity contribution in [2.24, 2.45) is 0 Å². The maximum absolute atomic E-state index is 11.9. The molecule has 2 heterocycles. The lowest BCUT2D eigenvalue weighted by Gasteiger charge is -2.19. The third kappa shape index (κ3) is 3.00. The minimum atomic E-state index is -0.316. The number of hydrogen-bond acceptors (Lipinski definition) is 3. The minimum absolute atomic E-state index is 0.278. The lowest BCUT2D eigenvalue weighted by atomic mass is 10.00. The molecule has 2 N–H and O–H groups in total. The molecule has 1 aromatic heterocycles. The summed E-state index contributed by atoms with van der Waals surface area (Å²) in [5.41, 5.74) is 3.44. The molecule has 0 aliphatic carbocycles. The van der Waals surface area contributed by atoms with Crippen LogP contribution in [0.4, 0.5) is 0 Å². The summed E-state index contributed by atoms with van der Waals surface area (Å²) >= 11 is 0. The first-order chi connectivity index (χ1) is 11.0. The summed E-state index contributed by atoms with van der Waals surface area (Å²) in [5, 5.41) is 11.5. The van der Waals surface area contributed by atoms with Crippen molar-refractivity contribution >= 4 is 11.0 Å². The molecule has 0 unspecified atom stereocenters. The zero-order valence-corrected chi connectivity index (χ0v) is 14.3. The van der Waals surface area contributed by atoms with Crippen LogP contribution in [0.3, 0.4) is 0 Å². The van der Waals surface area contributed by atoms with E-state index in [0.29, 0.717) is 16.7 Å². The van der Waals surface area contributed by atoms with Gasteiger partial charge in [-0.1, -0.05) is 0 Å². The summed E-state index contributed by atoms with van der Waals surface area (Å²) in [5.74, 6) is 0.278. The van der Waals surface area contributed by atoms with E-state index in [1.165, 1.54) is 43.7 Å². The summed E-state index contributed by atoms with van der Waals surface area (Å²) in [6, 6.07) is 2.01. The molecule has 1 aromatic carbocycles. The van der Waals surface area contributed by atoms with Crippen LogP contribution in [0.25, 0.3) is 11.0 Å². The van der Waals surface area contributed by atoms with E-state index in [0.717, 1.165) is 23.1 Å². The monoisotopic (exact) mass is 316 g/mol. The summed E-state index contributed by atoms with van der Waals surface area (Å²) in [7, 11) is 0. The number of aryl methyl sites for hydroxylation is 2. The molecule has 0 saturated carbocycles. The van der Waals surface area contributed by atoms with Crippen molar-refractivity contribution in [1.29, 1.82) is 0 Å². The molecule has 23 heavy (non-hydrogen) atoms. The van der Waals surface area contributed by atoms with Crippen LogP contribution in [0.5, 0.6) is 5.75 Å². The second kappa shape index (κ2) is 6.36. The van der Waals surface area contributed by atoms with Crippen molar-refractivity contribution in [3.8, 4) is 5.75 Å². The fourth-order valence-corrected chi connectivity index (χ4v) is 3.60. The van der Waals surface area contributed by atoms with Gasteiger partial charge in [0.2, 0.25) is 0 Å². The molecule has 3 rings (SSSR count). The van der Waals surface area contributed by atoms with Crippen LogP contribution in [0.15, 0.2) is 15.3 Å². The summed E-state index contributed by atoms with van der Waals surface area (Å²) in [6.07, 6.45) is 5.15. The van der Waals surface area contributed by atoms with E-state index in [1.54, 1.807) is 6.92 Å². The molecular weight excluding hydrogens is 290 g/mol.